The maximum atomic E-state index is 13.3. The highest BCUT2D eigenvalue weighted by molar-refractivity contribution is 7.22. The Morgan fingerprint density at radius 2 is 2.13 bits per heavy atom. The second kappa shape index (κ2) is 7.51. The minimum Gasteiger partial charge on any atom is -0.494 e. The van der Waals surface area contributed by atoms with E-state index in [9.17, 15) is 4.79 Å². The summed E-state index contributed by atoms with van der Waals surface area (Å²) in [4.78, 5) is 22.5. The number of benzene rings is 1. The molecule has 0 aliphatic heterocycles. The molecule has 5 aromatic rings. The molecule has 5 rings (SSSR count). The zero-order valence-electron chi connectivity index (χ0n) is 17.2. The average Bonchev–Trinajstić information content (AvgIpc) is 3.47. The Bertz CT molecular complexity index is 1420. The number of aryl methyl sites for hydroxylation is 2. The molecule has 156 valence electrons. The Morgan fingerprint density at radius 3 is 2.90 bits per heavy atom. The van der Waals surface area contributed by atoms with Crippen LogP contribution in [-0.4, -0.2) is 32.3 Å². The van der Waals surface area contributed by atoms with E-state index in [4.69, 9.17) is 9.15 Å². The fraction of sp³-hybridized carbons (Fsp3) is 0.182. The molecule has 0 unspecified atom stereocenters. The molecule has 0 saturated carbocycles. The summed E-state index contributed by atoms with van der Waals surface area (Å²) in [6.45, 7) is 4.39. The molecule has 4 heterocycles. The van der Waals surface area contributed by atoms with E-state index in [1.807, 2.05) is 38.1 Å². The summed E-state index contributed by atoms with van der Waals surface area (Å²) in [5.74, 6) is 1.08. The van der Waals surface area contributed by atoms with E-state index in [0.717, 1.165) is 21.7 Å². The monoisotopic (exact) mass is 433 g/mol. The van der Waals surface area contributed by atoms with Crippen LogP contribution in [0.2, 0.25) is 0 Å². The molecular weight excluding hydrogens is 414 g/mol. The van der Waals surface area contributed by atoms with Crippen LogP contribution in [0, 0.1) is 6.92 Å². The van der Waals surface area contributed by atoms with Crippen molar-refractivity contribution in [2.75, 3.05) is 11.9 Å². The Balaban J connectivity index is 1.55. The highest BCUT2D eigenvalue weighted by atomic mass is 32.1. The topological polar surface area (TPSA) is 95.1 Å². The van der Waals surface area contributed by atoms with Gasteiger partial charge < -0.3 is 9.15 Å². The predicted molar refractivity (Wildman–Crippen MR) is 120 cm³/mol. The molecule has 0 saturated heterocycles. The van der Waals surface area contributed by atoms with Crippen LogP contribution in [0.4, 0.5) is 5.13 Å². The fourth-order valence-electron chi connectivity index (χ4n) is 3.55. The van der Waals surface area contributed by atoms with Gasteiger partial charge in [0.05, 0.1) is 39.7 Å². The van der Waals surface area contributed by atoms with E-state index >= 15 is 0 Å². The lowest BCUT2D eigenvalue weighted by Gasteiger charge is -2.06. The van der Waals surface area contributed by atoms with Gasteiger partial charge in [-0.2, -0.15) is 5.10 Å². The number of amides is 1. The van der Waals surface area contributed by atoms with Crippen molar-refractivity contribution >= 4 is 43.6 Å². The molecule has 0 aliphatic carbocycles. The van der Waals surface area contributed by atoms with Gasteiger partial charge in [-0.05, 0) is 50.2 Å². The number of carbonyl (C=O) groups is 1. The molecule has 1 amide bonds. The van der Waals surface area contributed by atoms with Crippen molar-refractivity contribution in [3.63, 3.8) is 0 Å². The Morgan fingerprint density at radius 1 is 1.26 bits per heavy atom. The number of rotatable bonds is 5. The molecule has 9 heteroatoms. The van der Waals surface area contributed by atoms with E-state index in [-0.39, 0.29) is 5.91 Å². The minimum atomic E-state index is -0.277. The van der Waals surface area contributed by atoms with E-state index in [1.54, 1.807) is 30.1 Å². The first kappa shape index (κ1) is 19.3. The number of hydrogen-bond acceptors (Lipinski definition) is 7. The van der Waals surface area contributed by atoms with Gasteiger partial charge in [0.15, 0.2) is 16.5 Å². The lowest BCUT2D eigenvalue weighted by Crippen LogP contribution is -2.13. The van der Waals surface area contributed by atoms with Gasteiger partial charge in [-0.25, -0.2) is 9.97 Å². The third-order valence-corrected chi connectivity index (χ3v) is 5.81. The Kier molecular flexibility index (Phi) is 4.67. The third kappa shape index (κ3) is 3.42. The number of nitrogens with zero attached hydrogens (tertiary/aromatic N) is 4. The second-order valence-corrected chi connectivity index (χ2v) is 8.01. The molecule has 0 aliphatic rings. The van der Waals surface area contributed by atoms with Gasteiger partial charge in [0.25, 0.3) is 5.91 Å². The predicted octanol–water partition coefficient (Wildman–Crippen LogP) is 4.80. The highest BCUT2D eigenvalue weighted by Gasteiger charge is 2.21. The quantitative estimate of drug-likeness (QED) is 0.428. The van der Waals surface area contributed by atoms with Crippen LogP contribution in [0.25, 0.3) is 32.7 Å². The molecule has 8 nitrogen and oxygen atoms in total. The van der Waals surface area contributed by atoms with Gasteiger partial charge >= 0.3 is 0 Å². The minimum absolute atomic E-state index is 0.277. The van der Waals surface area contributed by atoms with Crippen LogP contribution in [-0.2, 0) is 7.05 Å². The average molecular weight is 433 g/mol. The van der Waals surface area contributed by atoms with Crippen molar-refractivity contribution in [1.82, 2.24) is 19.7 Å². The zero-order valence-corrected chi connectivity index (χ0v) is 18.0. The van der Waals surface area contributed by atoms with Crippen LogP contribution in [0.1, 0.15) is 23.0 Å². The van der Waals surface area contributed by atoms with Crippen molar-refractivity contribution in [2.24, 2.45) is 7.05 Å². The van der Waals surface area contributed by atoms with E-state index in [1.165, 1.54) is 11.3 Å². The first-order valence-corrected chi connectivity index (χ1v) is 10.6. The van der Waals surface area contributed by atoms with Crippen molar-refractivity contribution in [2.45, 2.75) is 13.8 Å². The molecular formula is C22H19N5O3S. The van der Waals surface area contributed by atoms with Crippen molar-refractivity contribution in [3.05, 3.63) is 53.9 Å². The number of fused-ring (bicyclic) bond motifs is 2. The number of carbonyl (C=O) groups excluding carboxylic acids is 1. The zero-order chi connectivity index (χ0) is 21.5. The normalized spacial score (nSPS) is 11.3. The fourth-order valence-corrected chi connectivity index (χ4v) is 4.44. The van der Waals surface area contributed by atoms with E-state index < -0.39 is 0 Å². The van der Waals surface area contributed by atoms with Crippen LogP contribution in [0.15, 0.2) is 47.1 Å². The van der Waals surface area contributed by atoms with Crippen molar-refractivity contribution in [3.8, 4) is 17.2 Å². The summed E-state index contributed by atoms with van der Waals surface area (Å²) in [6, 6.07) is 11.0. The third-order valence-electron chi connectivity index (χ3n) is 4.88. The number of ether oxygens (including phenoxy) is 1. The molecule has 0 radical (unpaired) electrons. The lowest BCUT2D eigenvalue weighted by atomic mass is 10.1. The molecule has 31 heavy (non-hydrogen) atoms. The number of pyridine rings is 1. The first-order valence-electron chi connectivity index (χ1n) is 9.76. The second-order valence-electron chi connectivity index (χ2n) is 6.98. The van der Waals surface area contributed by atoms with E-state index in [2.05, 4.69) is 20.4 Å². The van der Waals surface area contributed by atoms with Crippen LogP contribution < -0.4 is 10.1 Å². The van der Waals surface area contributed by atoms with E-state index in [0.29, 0.717) is 39.8 Å². The maximum absolute atomic E-state index is 13.3. The number of hydrogen-bond donors (Lipinski definition) is 1. The molecule has 0 atom stereocenters. The number of aromatic nitrogens is 4. The largest absolute Gasteiger partial charge is 0.494 e. The summed E-state index contributed by atoms with van der Waals surface area (Å²) in [5, 5.41) is 8.59. The molecule has 4 aromatic heterocycles. The van der Waals surface area contributed by atoms with Gasteiger partial charge in [-0.1, -0.05) is 11.3 Å². The number of thiazole rings is 1. The molecule has 1 aromatic carbocycles. The summed E-state index contributed by atoms with van der Waals surface area (Å²) in [5.41, 5.74) is 3.18. The smallest absolute Gasteiger partial charge is 0.258 e. The van der Waals surface area contributed by atoms with Gasteiger partial charge in [0.2, 0.25) is 0 Å². The molecule has 0 fully saturated rings. The van der Waals surface area contributed by atoms with Crippen LogP contribution >= 0.6 is 11.3 Å². The standard InChI is InChI=1S/C22H19N5O3S/c1-4-29-13-7-8-15-18(10-13)31-22(24-15)25-21(28)14-11-16(17-6-5-9-30-17)23-20-19(14)12(2)26-27(20)3/h5-11H,4H2,1-3H3,(H,24,25,28). The summed E-state index contributed by atoms with van der Waals surface area (Å²) in [7, 11) is 1.80. The Hall–Kier alpha value is -3.72. The molecule has 0 bridgehead atoms. The number of furan rings is 1. The first-order chi connectivity index (χ1) is 15.0. The molecule has 1 N–H and O–H groups in total. The number of anilines is 1. The SMILES string of the molecule is CCOc1ccc2nc(NC(=O)c3cc(-c4ccco4)nc4c3c(C)nn4C)sc2c1. The van der Waals surface area contributed by atoms with Gasteiger partial charge in [-0.3, -0.25) is 14.8 Å². The van der Waals surface area contributed by atoms with Crippen molar-refractivity contribution in [1.29, 1.82) is 0 Å². The summed E-state index contributed by atoms with van der Waals surface area (Å²) in [6.07, 6.45) is 1.58. The summed E-state index contributed by atoms with van der Waals surface area (Å²) >= 11 is 1.40. The summed E-state index contributed by atoms with van der Waals surface area (Å²) < 4.78 is 13.7. The molecule has 0 spiro atoms. The van der Waals surface area contributed by atoms with Gasteiger partial charge in [0, 0.05) is 7.05 Å². The van der Waals surface area contributed by atoms with Crippen molar-refractivity contribution < 1.29 is 13.9 Å². The maximum Gasteiger partial charge on any atom is 0.258 e. The Labute approximate surface area is 181 Å². The van der Waals surface area contributed by atoms with Gasteiger partial charge in [0.1, 0.15) is 11.4 Å². The lowest BCUT2D eigenvalue weighted by molar-refractivity contribution is 0.102. The number of nitrogens with one attached hydrogen (secondary N) is 1. The van der Waals surface area contributed by atoms with Gasteiger partial charge in [-0.15, -0.1) is 0 Å². The van der Waals surface area contributed by atoms with Crippen LogP contribution in [0.3, 0.4) is 0 Å². The highest BCUT2D eigenvalue weighted by Crippen LogP contribution is 2.31. The van der Waals surface area contributed by atoms with Crippen LogP contribution in [0.5, 0.6) is 5.75 Å².